The monoisotopic (exact) mass is 287 g/mol. The Labute approximate surface area is 122 Å². The molecule has 1 aromatic carbocycles. The quantitative estimate of drug-likeness (QED) is 0.387. The first-order chi connectivity index (χ1) is 10.3. The van der Waals surface area contributed by atoms with Gasteiger partial charge in [0.25, 0.3) is 0 Å². The van der Waals surface area contributed by atoms with Crippen molar-refractivity contribution < 1.29 is 14.7 Å². The Bertz CT molecular complexity index is 666. The van der Waals surface area contributed by atoms with Crippen molar-refractivity contribution in [1.29, 1.82) is 0 Å². The third kappa shape index (κ3) is 2.75. The van der Waals surface area contributed by atoms with E-state index in [1.165, 1.54) is 0 Å². The first-order valence-electron chi connectivity index (χ1n) is 6.86. The molecule has 0 spiro atoms. The minimum atomic E-state index is -0.00840. The highest BCUT2D eigenvalue weighted by molar-refractivity contribution is 6.04. The van der Waals surface area contributed by atoms with E-state index in [0.29, 0.717) is 30.4 Å². The van der Waals surface area contributed by atoms with Crippen LogP contribution in [-0.2, 0) is 4.74 Å². The van der Waals surface area contributed by atoms with Gasteiger partial charge in [0, 0.05) is 24.1 Å². The van der Waals surface area contributed by atoms with Crippen LogP contribution in [0.2, 0.25) is 0 Å². The van der Waals surface area contributed by atoms with E-state index in [2.05, 4.69) is 10.1 Å². The van der Waals surface area contributed by atoms with E-state index in [1.54, 1.807) is 6.20 Å². The number of aromatic nitrogens is 1. The number of hydrogen-bond acceptors (Lipinski definition) is 5. The average Bonchev–Trinajstić information content (AvgIpc) is 3.05. The zero-order chi connectivity index (χ0) is 14.7. The number of nitrogens with zero attached hydrogens (tertiary/aromatic N) is 2. The molecular formula is C15H17N3O3. The smallest absolute Gasteiger partial charge is 0.175 e. The first-order valence-corrected chi connectivity index (χ1v) is 6.86. The topological polar surface area (TPSA) is 90.0 Å². The maximum atomic E-state index is 8.92. The van der Waals surface area contributed by atoms with Gasteiger partial charge in [-0.05, 0) is 18.6 Å². The molecular weight excluding hydrogens is 270 g/mol. The van der Waals surface area contributed by atoms with Crippen LogP contribution in [0.1, 0.15) is 12.0 Å². The summed E-state index contributed by atoms with van der Waals surface area (Å²) in [7, 11) is 0. The molecule has 0 saturated carbocycles. The molecule has 6 heteroatoms. The van der Waals surface area contributed by atoms with Crippen LogP contribution in [0.25, 0.3) is 10.9 Å². The maximum absolute atomic E-state index is 8.92. The van der Waals surface area contributed by atoms with Crippen molar-refractivity contribution in [2.24, 2.45) is 16.8 Å². The van der Waals surface area contributed by atoms with Gasteiger partial charge in [-0.25, -0.2) is 0 Å². The van der Waals surface area contributed by atoms with Crippen molar-refractivity contribution in [2.75, 3.05) is 19.8 Å². The van der Waals surface area contributed by atoms with Gasteiger partial charge in [0.05, 0.1) is 24.3 Å². The number of benzene rings is 1. The number of rotatable bonds is 4. The van der Waals surface area contributed by atoms with Gasteiger partial charge in [0.2, 0.25) is 0 Å². The summed E-state index contributed by atoms with van der Waals surface area (Å²) < 4.78 is 11.3. The molecule has 0 radical (unpaired) electrons. The first kappa shape index (κ1) is 13.6. The summed E-state index contributed by atoms with van der Waals surface area (Å²) in [5.74, 6) is 0.964. The Morgan fingerprint density at radius 1 is 1.48 bits per heavy atom. The van der Waals surface area contributed by atoms with Crippen molar-refractivity contribution in [2.45, 2.75) is 6.42 Å². The summed E-state index contributed by atoms with van der Waals surface area (Å²) in [6.07, 6.45) is 2.56. The lowest BCUT2D eigenvalue weighted by Gasteiger charge is -2.15. The second kappa shape index (κ2) is 5.97. The number of para-hydroxylation sites is 1. The summed E-state index contributed by atoms with van der Waals surface area (Å²) in [6.45, 7) is 2.03. The van der Waals surface area contributed by atoms with Crippen molar-refractivity contribution in [1.82, 2.24) is 4.98 Å². The lowest BCUT2D eigenvalue weighted by molar-refractivity contribution is 0.167. The Balaban J connectivity index is 1.98. The molecule has 0 bridgehead atoms. The van der Waals surface area contributed by atoms with Gasteiger partial charge in [-0.15, -0.1) is 0 Å². The fraction of sp³-hybridized carbons (Fsp3) is 0.333. The third-order valence-electron chi connectivity index (χ3n) is 3.60. The number of ether oxygens (including phenoxy) is 2. The summed E-state index contributed by atoms with van der Waals surface area (Å²) in [5, 5.41) is 12.8. The van der Waals surface area contributed by atoms with E-state index in [0.717, 1.165) is 23.9 Å². The normalized spacial score (nSPS) is 19.0. The second-order valence-corrected chi connectivity index (χ2v) is 5.04. The molecule has 1 fully saturated rings. The van der Waals surface area contributed by atoms with Crippen LogP contribution in [-0.4, -0.2) is 35.8 Å². The van der Waals surface area contributed by atoms with E-state index in [-0.39, 0.29) is 5.84 Å². The minimum Gasteiger partial charge on any atom is -0.492 e. The van der Waals surface area contributed by atoms with Crippen LogP contribution in [0.3, 0.4) is 0 Å². The van der Waals surface area contributed by atoms with Crippen molar-refractivity contribution in [3.8, 4) is 5.75 Å². The third-order valence-corrected chi connectivity index (χ3v) is 3.60. The minimum absolute atomic E-state index is 0.00840. The van der Waals surface area contributed by atoms with Gasteiger partial charge < -0.3 is 20.4 Å². The second-order valence-electron chi connectivity index (χ2n) is 5.04. The molecule has 2 heterocycles. The van der Waals surface area contributed by atoms with Gasteiger partial charge in [-0.2, -0.15) is 0 Å². The highest BCUT2D eigenvalue weighted by Gasteiger charge is 2.19. The lowest BCUT2D eigenvalue weighted by atomic mass is 10.1. The number of fused-ring (bicyclic) bond motifs is 1. The van der Waals surface area contributed by atoms with E-state index in [1.807, 2.05) is 24.3 Å². The SMILES string of the molecule is NC(=NO)c1cnc2ccccc2c1OCC1CCOC1. The fourth-order valence-corrected chi connectivity index (χ4v) is 2.42. The van der Waals surface area contributed by atoms with Gasteiger partial charge >= 0.3 is 0 Å². The van der Waals surface area contributed by atoms with Crippen LogP contribution < -0.4 is 10.5 Å². The number of oxime groups is 1. The zero-order valence-electron chi connectivity index (χ0n) is 11.5. The lowest BCUT2D eigenvalue weighted by Crippen LogP contribution is -2.18. The molecule has 0 amide bonds. The van der Waals surface area contributed by atoms with Crippen molar-refractivity contribution >= 4 is 16.7 Å². The number of pyridine rings is 1. The molecule has 21 heavy (non-hydrogen) atoms. The predicted molar refractivity (Wildman–Crippen MR) is 78.7 cm³/mol. The molecule has 110 valence electrons. The van der Waals surface area contributed by atoms with Gasteiger partial charge in [0.15, 0.2) is 5.84 Å². The molecule has 1 aromatic heterocycles. The Kier molecular flexibility index (Phi) is 3.87. The number of amidine groups is 1. The predicted octanol–water partition coefficient (Wildman–Crippen LogP) is 1.74. The molecule has 0 aliphatic carbocycles. The Morgan fingerprint density at radius 3 is 3.10 bits per heavy atom. The molecule has 3 N–H and O–H groups in total. The largest absolute Gasteiger partial charge is 0.492 e. The molecule has 6 nitrogen and oxygen atoms in total. The average molecular weight is 287 g/mol. The Hall–Kier alpha value is -2.34. The van der Waals surface area contributed by atoms with E-state index in [4.69, 9.17) is 20.4 Å². The van der Waals surface area contributed by atoms with E-state index >= 15 is 0 Å². The molecule has 1 saturated heterocycles. The van der Waals surface area contributed by atoms with Gasteiger partial charge in [-0.3, -0.25) is 4.98 Å². The van der Waals surface area contributed by atoms with Crippen molar-refractivity contribution in [3.63, 3.8) is 0 Å². The molecule has 1 unspecified atom stereocenters. The van der Waals surface area contributed by atoms with Crippen LogP contribution in [0.15, 0.2) is 35.6 Å². The van der Waals surface area contributed by atoms with Crippen LogP contribution in [0, 0.1) is 5.92 Å². The molecule has 1 aliphatic heterocycles. The zero-order valence-corrected chi connectivity index (χ0v) is 11.5. The Morgan fingerprint density at radius 2 is 2.33 bits per heavy atom. The maximum Gasteiger partial charge on any atom is 0.175 e. The number of nitrogens with two attached hydrogens (primary N) is 1. The highest BCUT2D eigenvalue weighted by atomic mass is 16.5. The standard InChI is InChI=1S/C15H17N3O3/c16-15(18-19)12-7-17-13-4-2-1-3-11(13)14(12)21-9-10-5-6-20-8-10/h1-4,7,10,19H,5-6,8-9H2,(H2,16,18). The summed E-state index contributed by atoms with van der Waals surface area (Å²) >= 11 is 0. The molecule has 2 aromatic rings. The van der Waals surface area contributed by atoms with Gasteiger partial charge in [0.1, 0.15) is 5.75 Å². The summed E-state index contributed by atoms with van der Waals surface area (Å²) in [5.41, 5.74) is 7.03. The van der Waals surface area contributed by atoms with Crippen LogP contribution in [0.5, 0.6) is 5.75 Å². The summed E-state index contributed by atoms with van der Waals surface area (Å²) in [6, 6.07) is 7.63. The van der Waals surface area contributed by atoms with E-state index < -0.39 is 0 Å². The highest BCUT2D eigenvalue weighted by Crippen LogP contribution is 2.29. The number of hydrogen-bond donors (Lipinski definition) is 2. The van der Waals surface area contributed by atoms with Crippen molar-refractivity contribution in [3.05, 3.63) is 36.0 Å². The molecule has 1 atom stereocenters. The van der Waals surface area contributed by atoms with Crippen LogP contribution in [0.4, 0.5) is 0 Å². The molecule has 1 aliphatic rings. The van der Waals surface area contributed by atoms with E-state index in [9.17, 15) is 0 Å². The summed E-state index contributed by atoms with van der Waals surface area (Å²) in [4.78, 5) is 4.31. The fourth-order valence-electron chi connectivity index (χ4n) is 2.42. The van der Waals surface area contributed by atoms with Crippen LogP contribution >= 0.6 is 0 Å². The van der Waals surface area contributed by atoms with Gasteiger partial charge in [-0.1, -0.05) is 17.3 Å². The molecule has 3 rings (SSSR count).